The normalized spacial score (nSPS) is 13.6. The van der Waals surface area contributed by atoms with Crippen LogP contribution in [0.15, 0.2) is 70.6 Å². The lowest BCUT2D eigenvalue weighted by atomic mass is 9.82. The number of pyridine rings is 1. The molecule has 0 saturated carbocycles. The van der Waals surface area contributed by atoms with E-state index in [0.717, 1.165) is 6.42 Å². The van der Waals surface area contributed by atoms with Crippen molar-refractivity contribution >= 4 is 44.1 Å². The fourth-order valence-corrected chi connectivity index (χ4v) is 7.34. The third-order valence-electron chi connectivity index (χ3n) is 7.75. The van der Waals surface area contributed by atoms with Gasteiger partial charge in [0.05, 0.1) is 10.9 Å². The molecule has 0 fully saturated rings. The van der Waals surface area contributed by atoms with E-state index in [0.29, 0.717) is 0 Å². The van der Waals surface area contributed by atoms with Gasteiger partial charge in [-0.05, 0) is 74.5 Å². The van der Waals surface area contributed by atoms with Gasteiger partial charge in [-0.1, -0.05) is 89.7 Å². The standard InChI is InChI=1S/C34H36NS/c1-20-23-11-9-10-12-24(23)27(19-33(2,3)4)32-29(20)31-30-25(15-16-35(31)8)26-18-22(34(5,6)7)14-13-21(26)17-28(30)36-32/h9-18H,19H2,1-8H3/q+1. The van der Waals surface area contributed by atoms with Crippen LogP contribution in [0.1, 0.15) is 58.2 Å². The summed E-state index contributed by atoms with van der Waals surface area (Å²) in [7, 11) is 2.21. The summed E-state index contributed by atoms with van der Waals surface area (Å²) >= 11 is 1.99. The minimum atomic E-state index is 0.122. The molecule has 2 heterocycles. The Morgan fingerprint density at radius 2 is 1.53 bits per heavy atom. The highest BCUT2D eigenvalue weighted by Crippen LogP contribution is 2.53. The molecule has 6 rings (SSSR count). The van der Waals surface area contributed by atoms with Crippen LogP contribution < -0.4 is 4.57 Å². The molecule has 0 amide bonds. The van der Waals surface area contributed by atoms with Crippen molar-refractivity contribution in [2.75, 3.05) is 0 Å². The van der Waals surface area contributed by atoms with E-state index < -0.39 is 0 Å². The molecule has 0 unspecified atom stereocenters. The van der Waals surface area contributed by atoms with Gasteiger partial charge in [0.2, 0.25) is 5.69 Å². The van der Waals surface area contributed by atoms with E-state index in [1.54, 1.807) is 0 Å². The van der Waals surface area contributed by atoms with Crippen LogP contribution in [0.25, 0.3) is 43.6 Å². The van der Waals surface area contributed by atoms with Crippen LogP contribution in [0.2, 0.25) is 0 Å². The molecule has 1 aliphatic heterocycles. The maximum Gasteiger partial charge on any atom is 0.222 e. The first-order chi connectivity index (χ1) is 16.9. The van der Waals surface area contributed by atoms with E-state index in [-0.39, 0.29) is 10.8 Å². The number of fused-ring (bicyclic) bond motifs is 5. The summed E-state index contributed by atoms with van der Waals surface area (Å²) in [4.78, 5) is 2.83. The zero-order valence-electron chi connectivity index (χ0n) is 22.8. The van der Waals surface area contributed by atoms with Crippen molar-refractivity contribution in [2.24, 2.45) is 12.5 Å². The Balaban J connectivity index is 1.77. The van der Waals surface area contributed by atoms with Gasteiger partial charge in [0.15, 0.2) is 6.20 Å². The van der Waals surface area contributed by atoms with Crippen molar-refractivity contribution in [1.29, 1.82) is 0 Å². The summed E-state index contributed by atoms with van der Waals surface area (Å²) < 4.78 is 2.35. The molecule has 0 saturated heterocycles. The molecule has 0 atom stereocenters. The highest BCUT2D eigenvalue weighted by molar-refractivity contribution is 8.00. The van der Waals surface area contributed by atoms with Crippen LogP contribution in [0.4, 0.5) is 0 Å². The van der Waals surface area contributed by atoms with Crippen molar-refractivity contribution in [2.45, 2.75) is 70.1 Å². The fraction of sp³-hybridized carbons (Fsp3) is 0.324. The number of benzene rings is 4. The van der Waals surface area contributed by atoms with Gasteiger partial charge in [-0.2, -0.15) is 0 Å². The third kappa shape index (κ3) is 3.57. The summed E-state index contributed by atoms with van der Waals surface area (Å²) in [5.74, 6) is 0. The smallest absolute Gasteiger partial charge is 0.200 e. The highest BCUT2D eigenvalue weighted by Gasteiger charge is 2.33. The zero-order chi connectivity index (χ0) is 25.6. The molecular weight excluding hydrogens is 454 g/mol. The molecule has 0 aliphatic carbocycles. The summed E-state index contributed by atoms with van der Waals surface area (Å²) in [6.07, 6.45) is 3.32. The lowest BCUT2D eigenvalue weighted by Crippen LogP contribution is -2.32. The number of rotatable bonds is 1. The van der Waals surface area contributed by atoms with Gasteiger partial charge in [-0.3, -0.25) is 0 Å². The van der Waals surface area contributed by atoms with Crippen LogP contribution in [-0.2, 0) is 18.9 Å². The lowest BCUT2D eigenvalue weighted by molar-refractivity contribution is -0.659. The molecule has 1 aromatic heterocycles. The fourth-order valence-electron chi connectivity index (χ4n) is 5.96. The average Bonchev–Trinajstić information content (AvgIpc) is 2.81. The molecule has 0 bridgehead atoms. The van der Waals surface area contributed by atoms with Gasteiger partial charge in [0, 0.05) is 21.2 Å². The molecule has 36 heavy (non-hydrogen) atoms. The van der Waals surface area contributed by atoms with Crippen molar-refractivity contribution in [3.63, 3.8) is 0 Å². The Morgan fingerprint density at radius 3 is 2.22 bits per heavy atom. The predicted molar refractivity (Wildman–Crippen MR) is 156 cm³/mol. The first-order valence-corrected chi connectivity index (χ1v) is 13.9. The third-order valence-corrected chi connectivity index (χ3v) is 8.95. The maximum absolute atomic E-state index is 2.44. The van der Waals surface area contributed by atoms with Gasteiger partial charge in [0.25, 0.3) is 0 Å². The highest BCUT2D eigenvalue weighted by atomic mass is 32.2. The van der Waals surface area contributed by atoms with E-state index in [2.05, 4.69) is 121 Å². The number of hydrogen-bond donors (Lipinski definition) is 0. The van der Waals surface area contributed by atoms with Crippen molar-refractivity contribution in [1.82, 2.24) is 0 Å². The quantitative estimate of drug-likeness (QED) is 0.164. The van der Waals surface area contributed by atoms with Crippen LogP contribution in [0.3, 0.4) is 0 Å². The molecule has 1 aliphatic rings. The monoisotopic (exact) mass is 490 g/mol. The Bertz CT molecular complexity index is 1710. The second-order valence-electron chi connectivity index (χ2n) is 12.8. The summed E-state index contributed by atoms with van der Waals surface area (Å²) in [6, 6.07) is 20.9. The summed E-state index contributed by atoms with van der Waals surface area (Å²) in [6.45, 7) is 16.3. The molecule has 1 nitrogen and oxygen atoms in total. The minimum Gasteiger partial charge on any atom is -0.200 e. The Morgan fingerprint density at radius 1 is 0.806 bits per heavy atom. The van der Waals surface area contributed by atoms with Crippen LogP contribution in [-0.4, -0.2) is 0 Å². The van der Waals surface area contributed by atoms with Crippen molar-refractivity contribution < 1.29 is 4.57 Å². The number of aryl methyl sites for hydroxylation is 2. The van der Waals surface area contributed by atoms with Gasteiger partial charge >= 0.3 is 0 Å². The summed E-state index contributed by atoms with van der Waals surface area (Å²) in [5.41, 5.74) is 7.38. The number of hydrogen-bond acceptors (Lipinski definition) is 1. The Hall–Kier alpha value is -2.84. The van der Waals surface area contributed by atoms with E-state index in [4.69, 9.17) is 0 Å². The van der Waals surface area contributed by atoms with Crippen LogP contribution in [0.5, 0.6) is 0 Å². The second-order valence-corrected chi connectivity index (χ2v) is 13.9. The molecule has 182 valence electrons. The molecule has 5 aromatic rings. The van der Waals surface area contributed by atoms with Crippen molar-refractivity contribution in [3.8, 4) is 11.3 Å². The van der Waals surface area contributed by atoms with Gasteiger partial charge in [-0.15, -0.1) is 0 Å². The van der Waals surface area contributed by atoms with E-state index >= 15 is 0 Å². The minimum absolute atomic E-state index is 0.122. The largest absolute Gasteiger partial charge is 0.222 e. The predicted octanol–water partition coefficient (Wildman–Crippen LogP) is 9.30. The van der Waals surface area contributed by atoms with E-state index in [1.807, 2.05) is 11.8 Å². The molecule has 0 radical (unpaired) electrons. The topological polar surface area (TPSA) is 3.88 Å². The zero-order valence-corrected chi connectivity index (χ0v) is 23.7. The van der Waals surface area contributed by atoms with E-state index in [9.17, 15) is 0 Å². The van der Waals surface area contributed by atoms with Gasteiger partial charge < -0.3 is 0 Å². The van der Waals surface area contributed by atoms with E-state index in [1.165, 1.54) is 70.1 Å². The first kappa shape index (κ1) is 23.6. The Labute approximate surface area is 219 Å². The SMILES string of the molecule is Cc1c2c(c(CC(C)(C)C)c3ccccc13)Sc1cc3ccc(C(C)(C)C)cc3c3cc[n+](C)c-2c13. The Kier molecular flexibility index (Phi) is 5.12. The van der Waals surface area contributed by atoms with Crippen LogP contribution in [0, 0.1) is 12.3 Å². The van der Waals surface area contributed by atoms with Crippen molar-refractivity contribution in [3.05, 3.63) is 77.5 Å². The number of nitrogens with zero attached hydrogens (tertiary/aromatic N) is 1. The summed E-state index contributed by atoms with van der Waals surface area (Å²) in [5, 5.41) is 8.25. The molecule has 0 spiro atoms. The molecular formula is C34H36NS+. The maximum atomic E-state index is 2.44. The molecule has 0 N–H and O–H groups in total. The first-order valence-electron chi connectivity index (χ1n) is 13.1. The molecule has 4 aromatic carbocycles. The van der Waals surface area contributed by atoms with Gasteiger partial charge in [0.1, 0.15) is 7.05 Å². The lowest BCUT2D eigenvalue weighted by Gasteiger charge is -2.28. The van der Waals surface area contributed by atoms with Crippen LogP contribution >= 0.6 is 11.8 Å². The van der Waals surface area contributed by atoms with Gasteiger partial charge in [-0.25, -0.2) is 4.57 Å². The second kappa shape index (κ2) is 7.83. The molecule has 2 heteroatoms. The average molecular weight is 491 g/mol. The number of aromatic nitrogens is 1.